The molecule has 0 amide bonds. The zero-order valence-corrected chi connectivity index (χ0v) is 27.5. The number of aromatic nitrogens is 4. The summed E-state index contributed by atoms with van der Waals surface area (Å²) in [5.41, 5.74) is 12.3. The number of carbonyl (C=O) groups is 3. The van der Waals surface area contributed by atoms with Crippen LogP contribution in [0.3, 0.4) is 0 Å². The summed E-state index contributed by atoms with van der Waals surface area (Å²) in [5, 5.41) is 37.8. The minimum Gasteiger partial charge on any atom is -0.481 e. The SMILES string of the molecule is CC1=C(CCOCO)c2cc3nc(cc4[nH]c(cc5[nH]c(cc1n2)c(CCC(=O)O)c5C)c(CCC(=O)O)c4C)C(CCC(=O)O)=C3C. The number of nitrogens with zero attached hydrogens (tertiary/aromatic N) is 2. The number of aliphatic hydroxyl groups excluding tert-OH is 1. The van der Waals surface area contributed by atoms with Crippen molar-refractivity contribution in [1.82, 2.24) is 19.9 Å². The van der Waals surface area contributed by atoms with Gasteiger partial charge in [0, 0.05) is 41.3 Å². The first-order valence-electron chi connectivity index (χ1n) is 15.9. The second kappa shape index (κ2) is 14.4. The van der Waals surface area contributed by atoms with E-state index in [1.165, 1.54) is 0 Å². The molecule has 0 aromatic carbocycles. The first kappa shape index (κ1) is 34.3. The van der Waals surface area contributed by atoms with Gasteiger partial charge in [0.2, 0.25) is 0 Å². The van der Waals surface area contributed by atoms with Crippen molar-refractivity contribution in [3.8, 4) is 0 Å². The number of aromatic amines is 2. The minimum absolute atomic E-state index is 0.0615. The van der Waals surface area contributed by atoms with Gasteiger partial charge in [-0.15, -0.1) is 0 Å². The van der Waals surface area contributed by atoms with Gasteiger partial charge < -0.3 is 35.1 Å². The highest BCUT2D eigenvalue weighted by atomic mass is 16.6. The summed E-state index contributed by atoms with van der Waals surface area (Å²) < 4.78 is 5.26. The number of aliphatic hydroxyl groups is 1. The van der Waals surface area contributed by atoms with E-state index < -0.39 is 24.7 Å². The molecule has 0 saturated heterocycles. The summed E-state index contributed by atoms with van der Waals surface area (Å²) >= 11 is 0. The van der Waals surface area contributed by atoms with Crippen LogP contribution >= 0.6 is 0 Å². The van der Waals surface area contributed by atoms with Gasteiger partial charge >= 0.3 is 17.9 Å². The van der Waals surface area contributed by atoms with Crippen molar-refractivity contribution in [2.24, 2.45) is 0 Å². The summed E-state index contributed by atoms with van der Waals surface area (Å²) in [6, 6.07) is 7.61. The van der Waals surface area contributed by atoms with Crippen LogP contribution in [-0.4, -0.2) is 71.7 Å². The number of carboxylic acid groups (broad SMARTS) is 3. The third-order valence-electron chi connectivity index (χ3n) is 9.15. The summed E-state index contributed by atoms with van der Waals surface area (Å²) in [5.74, 6) is -2.75. The predicted molar refractivity (Wildman–Crippen MR) is 182 cm³/mol. The molecule has 0 atom stereocenters. The molecule has 0 radical (unpaired) electrons. The highest BCUT2D eigenvalue weighted by molar-refractivity contribution is 5.96. The fraction of sp³-hybridized carbons (Fsp3) is 0.361. The molecule has 3 aromatic heterocycles. The molecule has 0 spiro atoms. The predicted octanol–water partition coefficient (Wildman–Crippen LogP) is 6.05. The molecule has 48 heavy (non-hydrogen) atoms. The highest BCUT2D eigenvalue weighted by Crippen LogP contribution is 2.37. The van der Waals surface area contributed by atoms with Gasteiger partial charge in [-0.25, -0.2) is 9.97 Å². The zero-order chi connectivity index (χ0) is 34.7. The Balaban J connectivity index is 1.89. The van der Waals surface area contributed by atoms with Gasteiger partial charge in [-0.2, -0.15) is 0 Å². The molecule has 252 valence electrons. The van der Waals surface area contributed by atoms with E-state index in [4.69, 9.17) is 14.7 Å². The number of hydrogen-bond acceptors (Lipinski definition) is 7. The number of H-pyrrole nitrogens is 2. The Morgan fingerprint density at radius 2 is 1.04 bits per heavy atom. The zero-order valence-electron chi connectivity index (χ0n) is 27.5. The number of ether oxygens (including phenoxy) is 1. The van der Waals surface area contributed by atoms with Gasteiger partial charge in [0.1, 0.15) is 6.79 Å². The van der Waals surface area contributed by atoms with Crippen molar-refractivity contribution in [2.75, 3.05) is 13.4 Å². The third kappa shape index (κ3) is 7.24. The van der Waals surface area contributed by atoms with Crippen LogP contribution in [-0.2, 0) is 32.0 Å². The number of allylic oxidation sites excluding steroid dienone is 3. The Kier molecular flexibility index (Phi) is 10.3. The van der Waals surface area contributed by atoms with E-state index in [-0.39, 0.29) is 38.7 Å². The molecule has 2 aliphatic rings. The average molecular weight is 657 g/mol. The lowest BCUT2D eigenvalue weighted by Gasteiger charge is -2.05. The smallest absolute Gasteiger partial charge is 0.303 e. The molecule has 3 aromatic rings. The van der Waals surface area contributed by atoms with E-state index >= 15 is 0 Å². The fourth-order valence-corrected chi connectivity index (χ4v) is 6.43. The van der Waals surface area contributed by atoms with E-state index in [0.29, 0.717) is 41.1 Å². The third-order valence-corrected chi connectivity index (χ3v) is 9.15. The van der Waals surface area contributed by atoms with E-state index in [9.17, 15) is 34.8 Å². The molecule has 2 aliphatic heterocycles. The van der Waals surface area contributed by atoms with Gasteiger partial charge in [0.25, 0.3) is 0 Å². The van der Waals surface area contributed by atoms with E-state index in [1.54, 1.807) is 0 Å². The maximum atomic E-state index is 11.6. The molecule has 12 heteroatoms. The van der Waals surface area contributed by atoms with Gasteiger partial charge in [0.15, 0.2) is 0 Å². The van der Waals surface area contributed by atoms with Gasteiger partial charge in [-0.3, -0.25) is 14.4 Å². The molecule has 5 heterocycles. The number of carboxylic acids is 3. The van der Waals surface area contributed by atoms with Crippen LogP contribution in [0.4, 0.5) is 0 Å². The quantitative estimate of drug-likeness (QED) is 0.0930. The first-order valence-corrected chi connectivity index (χ1v) is 15.9. The Morgan fingerprint density at radius 3 is 1.58 bits per heavy atom. The van der Waals surface area contributed by atoms with Gasteiger partial charge in [0.05, 0.1) is 29.4 Å². The Morgan fingerprint density at radius 1 is 0.604 bits per heavy atom. The van der Waals surface area contributed by atoms with Crippen molar-refractivity contribution in [3.05, 3.63) is 69.3 Å². The second-order valence-corrected chi connectivity index (χ2v) is 12.1. The summed E-state index contributed by atoms with van der Waals surface area (Å²) in [6.07, 6.45) is 1.11. The lowest BCUT2D eigenvalue weighted by molar-refractivity contribution is -0.138. The van der Waals surface area contributed by atoms with Crippen molar-refractivity contribution in [3.63, 3.8) is 0 Å². The molecular weight excluding hydrogens is 616 g/mol. The van der Waals surface area contributed by atoms with Crippen LogP contribution in [0.2, 0.25) is 0 Å². The second-order valence-electron chi connectivity index (χ2n) is 12.1. The van der Waals surface area contributed by atoms with E-state index in [2.05, 4.69) is 9.97 Å². The number of nitrogens with one attached hydrogen (secondary N) is 2. The summed E-state index contributed by atoms with van der Waals surface area (Å²) in [4.78, 5) is 51.7. The molecule has 12 nitrogen and oxygen atoms in total. The Bertz CT molecular complexity index is 2030. The Hall–Kier alpha value is -5.07. The maximum Gasteiger partial charge on any atom is 0.303 e. The van der Waals surface area contributed by atoms with Crippen molar-refractivity contribution < 1.29 is 39.5 Å². The highest BCUT2D eigenvalue weighted by Gasteiger charge is 2.22. The molecule has 5 rings (SSSR count). The number of aryl methyl sites for hydroxylation is 4. The average Bonchev–Trinajstić information content (AvgIpc) is 3.68. The van der Waals surface area contributed by atoms with Gasteiger partial charge in [-0.05, 0) is 122 Å². The van der Waals surface area contributed by atoms with Crippen molar-refractivity contribution >= 4 is 62.3 Å². The van der Waals surface area contributed by atoms with Crippen LogP contribution in [0, 0.1) is 13.8 Å². The number of hydrogen-bond donors (Lipinski definition) is 6. The first-order chi connectivity index (χ1) is 22.9. The summed E-state index contributed by atoms with van der Waals surface area (Å²) in [6.45, 7) is 7.58. The van der Waals surface area contributed by atoms with Crippen molar-refractivity contribution in [1.29, 1.82) is 0 Å². The molecular formula is C36H40N4O8. The van der Waals surface area contributed by atoms with Crippen LogP contribution in [0.25, 0.3) is 44.4 Å². The molecule has 8 bridgehead atoms. The molecule has 0 aliphatic carbocycles. The molecule has 0 unspecified atom stereocenters. The lowest BCUT2D eigenvalue weighted by atomic mass is 9.99. The van der Waals surface area contributed by atoms with Gasteiger partial charge in [-0.1, -0.05) is 0 Å². The molecule has 0 saturated carbocycles. The monoisotopic (exact) mass is 656 g/mol. The standard InChI is InChI=1S/C36H40N4O8/c1-18-22(5-8-34(42)43)30-13-27-19(2)23(6-9-35(44)45)32(38-27)15-29-21(4)25(11-12-48-17-41)33(40-29)16-28-20(3)24(7-10-36(46)47)31(39-28)14-26(18)37-30/h13-16,37-38,41H,5-12,17H2,1-4H3,(H,42,43)(H,44,45)(H,46,47). The lowest BCUT2D eigenvalue weighted by Crippen LogP contribution is -1.98. The van der Waals surface area contributed by atoms with Crippen LogP contribution < -0.4 is 0 Å². The van der Waals surface area contributed by atoms with Crippen molar-refractivity contribution in [2.45, 2.75) is 72.6 Å². The fourth-order valence-electron chi connectivity index (χ4n) is 6.43. The molecule has 6 N–H and O–H groups in total. The van der Waals surface area contributed by atoms with E-state index in [0.717, 1.165) is 61.1 Å². The van der Waals surface area contributed by atoms with E-state index in [1.807, 2.05) is 52.0 Å². The largest absolute Gasteiger partial charge is 0.481 e. The maximum absolute atomic E-state index is 11.6. The minimum atomic E-state index is -0.919. The van der Waals surface area contributed by atoms with Crippen LogP contribution in [0.1, 0.15) is 91.0 Å². The Labute approximate surface area is 276 Å². The van der Waals surface area contributed by atoms with Crippen LogP contribution in [0.5, 0.6) is 0 Å². The summed E-state index contributed by atoms with van der Waals surface area (Å²) in [7, 11) is 0. The van der Waals surface area contributed by atoms with Crippen LogP contribution in [0.15, 0.2) is 24.3 Å². The number of aliphatic carboxylic acids is 3. The topological polar surface area (TPSA) is 199 Å². The number of rotatable bonds is 13. The molecule has 0 fully saturated rings. The normalized spacial score (nSPS) is 13.0. The number of fused-ring (bicyclic) bond motifs is 8.